The molecule has 6 heteroatoms. The second-order valence-corrected chi connectivity index (χ2v) is 7.95. The predicted octanol–water partition coefficient (Wildman–Crippen LogP) is 5.76. The first-order valence-corrected chi connectivity index (χ1v) is 11.3. The lowest BCUT2D eigenvalue weighted by molar-refractivity contribution is 0.305. The Labute approximate surface area is 193 Å². The molecule has 4 aromatic rings. The number of nitrogens with two attached hydrogens (primary N) is 1. The van der Waals surface area contributed by atoms with Crippen LogP contribution in [0.3, 0.4) is 0 Å². The lowest BCUT2D eigenvalue weighted by Crippen LogP contribution is -2.06. The van der Waals surface area contributed by atoms with Crippen molar-refractivity contribution in [2.24, 2.45) is 5.73 Å². The topological polar surface area (TPSA) is 70.5 Å². The molecule has 0 aliphatic rings. The minimum atomic E-state index is -0.298. The molecule has 2 aromatic carbocycles. The van der Waals surface area contributed by atoms with E-state index in [1.807, 2.05) is 30.3 Å². The Kier molecular flexibility index (Phi) is 7.58. The minimum absolute atomic E-state index is 0.298. The highest BCUT2D eigenvalue weighted by Gasteiger charge is 2.15. The van der Waals surface area contributed by atoms with Crippen molar-refractivity contribution in [2.75, 3.05) is 13.2 Å². The van der Waals surface area contributed by atoms with Crippen LogP contribution in [0.5, 0.6) is 11.5 Å². The number of hydrogen-bond acceptors (Lipinski definition) is 5. The summed E-state index contributed by atoms with van der Waals surface area (Å²) in [5.74, 6) is 1.99. The van der Waals surface area contributed by atoms with Gasteiger partial charge in [0, 0.05) is 36.5 Å². The van der Waals surface area contributed by atoms with Gasteiger partial charge in [-0.2, -0.15) is 0 Å². The second-order valence-electron chi connectivity index (χ2n) is 7.95. The molecule has 0 atom stereocenters. The molecule has 0 aliphatic heterocycles. The van der Waals surface area contributed by atoms with Crippen LogP contribution >= 0.6 is 0 Å². The summed E-state index contributed by atoms with van der Waals surface area (Å²) in [5.41, 5.74) is 9.82. The van der Waals surface area contributed by atoms with E-state index in [-0.39, 0.29) is 5.82 Å². The van der Waals surface area contributed by atoms with Gasteiger partial charge in [0.15, 0.2) is 0 Å². The van der Waals surface area contributed by atoms with Crippen molar-refractivity contribution >= 4 is 11.0 Å². The molecule has 0 amide bonds. The number of furan rings is 1. The molecular weight excluding hydrogens is 419 g/mol. The van der Waals surface area contributed by atoms with E-state index in [2.05, 4.69) is 11.9 Å². The van der Waals surface area contributed by atoms with Gasteiger partial charge in [-0.25, -0.2) is 4.39 Å². The third-order valence-corrected chi connectivity index (χ3v) is 5.65. The predicted molar refractivity (Wildman–Crippen MR) is 127 cm³/mol. The number of aryl methyl sites for hydroxylation is 3. The van der Waals surface area contributed by atoms with E-state index in [4.69, 9.17) is 19.6 Å². The van der Waals surface area contributed by atoms with Gasteiger partial charge < -0.3 is 19.6 Å². The van der Waals surface area contributed by atoms with Crippen molar-refractivity contribution < 1.29 is 18.3 Å². The third-order valence-electron chi connectivity index (χ3n) is 5.65. The van der Waals surface area contributed by atoms with Gasteiger partial charge in [0.05, 0.1) is 18.6 Å². The summed E-state index contributed by atoms with van der Waals surface area (Å²) >= 11 is 0. The van der Waals surface area contributed by atoms with Gasteiger partial charge in [0.2, 0.25) is 0 Å². The van der Waals surface area contributed by atoms with Crippen LogP contribution in [0.2, 0.25) is 0 Å². The number of halogens is 1. The van der Waals surface area contributed by atoms with Crippen LogP contribution < -0.4 is 15.2 Å². The SMILES string of the molecule is Cc1c(CCCOc2cccc(F)c2)oc2cccc(OCCCc3ncccc3CN)c12. The first-order valence-electron chi connectivity index (χ1n) is 11.3. The molecule has 0 fully saturated rings. The Bertz CT molecular complexity index is 1210. The molecule has 2 heterocycles. The quantitative estimate of drug-likeness (QED) is 0.296. The molecule has 4 rings (SSSR count). The molecule has 0 spiro atoms. The van der Waals surface area contributed by atoms with E-state index in [1.165, 1.54) is 12.1 Å². The van der Waals surface area contributed by atoms with Crippen LogP contribution in [0.1, 0.15) is 35.4 Å². The number of hydrogen-bond donors (Lipinski definition) is 1. The van der Waals surface area contributed by atoms with Crippen LogP contribution in [-0.4, -0.2) is 18.2 Å². The number of ether oxygens (including phenoxy) is 2. The Morgan fingerprint density at radius 1 is 0.970 bits per heavy atom. The molecule has 0 radical (unpaired) electrons. The Balaban J connectivity index is 1.33. The molecule has 0 saturated carbocycles. The van der Waals surface area contributed by atoms with Crippen molar-refractivity contribution in [2.45, 2.75) is 39.2 Å². The van der Waals surface area contributed by atoms with Gasteiger partial charge >= 0.3 is 0 Å². The maximum absolute atomic E-state index is 13.3. The maximum atomic E-state index is 13.3. The highest BCUT2D eigenvalue weighted by molar-refractivity contribution is 5.88. The van der Waals surface area contributed by atoms with Gasteiger partial charge in [0.25, 0.3) is 0 Å². The Morgan fingerprint density at radius 2 is 1.79 bits per heavy atom. The number of rotatable bonds is 11. The molecule has 172 valence electrons. The number of aromatic nitrogens is 1. The van der Waals surface area contributed by atoms with Crippen molar-refractivity contribution in [3.05, 3.63) is 89.2 Å². The monoisotopic (exact) mass is 448 g/mol. The van der Waals surface area contributed by atoms with Crippen LogP contribution in [0, 0.1) is 12.7 Å². The number of pyridine rings is 1. The standard InChI is InChI=1S/C27H29FN2O3/c1-19-24(13-6-15-31-22-9-2-8-21(28)17-22)33-26-12-3-11-25(27(19)26)32-16-5-10-23-20(18-29)7-4-14-30-23/h2-4,7-9,11-12,14,17H,5-6,10,13,15-16,18,29H2,1H3. The summed E-state index contributed by atoms with van der Waals surface area (Å²) in [6, 6.07) is 16.0. The molecule has 2 N–H and O–H groups in total. The molecule has 2 aromatic heterocycles. The van der Waals surface area contributed by atoms with Crippen molar-refractivity contribution in [1.29, 1.82) is 0 Å². The van der Waals surface area contributed by atoms with Crippen LogP contribution in [0.4, 0.5) is 4.39 Å². The van der Waals surface area contributed by atoms with Crippen molar-refractivity contribution in [3.63, 3.8) is 0 Å². The fourth-order valence-electron chi connectivity index (χ4n) is 3.96. The van der Waals surface area contributed by atoms with E-state index in [0.717, 1.165) is 65.0 Å². The Hall–Kier alpha value is -3.38. The molecule has 0 bridgehead atoms. The Morgan fingerprint density at radius 3 is 2.64 bits per heavy atom. The van der Waals surface area contributed by atoms with E-state index in [1.54, 1.807) is 18.3 Å². The highest BCUT2D eigenvalue weighted by atomic mass is 19.1. The van der Waals surface area contributed by atoms with Gasteiger partial charge in [-0.05, 0) is 62.1 Å². The third kappa shape index (κ3) is 5.71. The lowest BCUT2D eigenvalue weighted by atomic mass is 10.1. The number of fused-ring (bicyclic) bond motifs is 1. The fourth-order valence-corrected chi connectivity index (χ4v) is 3.96. The summed E-state index contributed by atoms with van der Waals surface area (Å²) in [7, 11) is 0. The van der Waals surface area contributed by atoms with E-state index >= 15 is 0 Å². The van der Waals surface area contributed by atoms with Gasteiger partial charge in [-0.3, -0.25) is 4.98 Å². The molecule has 0 aliphatic carbocycles. The van der Waals surface area contributed by atoms with E-state index < -0.39 is 0 Å². The van der Waals surface area contributed by atoms with Gasteiger partial charge in [0.1, 0.15) is 28.7 Å². The van der Waals surface area contributed by atoms with Crippen molar-refractivity contribution in [3.8, 4) is 11.5 Å². The summed E-state index contributed by atoms with van der Waals surface area (Å²) in [4.78, 5) is 4.44. The first-order chi connectivity index (χ1) is 16.2. The van der Waals surface area contributed by atoms with Gasteiger partial charge in [-0.15, -0.1) is 0 Å². The molecule has 0 unspecified atom stereocenters. The number of benzene rings is 2. The summed E-state index contributed by atoms with van der Waals surface area (Å²) in [6.07, 6.45) is 4.97. The van der Waals surface area contributed by atoms with Crippen LogP contribution in [-0.2, 0) is 19.4 Å². The summed E-state index contributed by atoms with van der Waals surface area (Å²) in [5, 5.41) is 1.01. The minimum Gasteiger partial charge on any atom is -0.493 e. The smallest absolute Gasteiger partial charge is 0.138 e. The zero-order chi connectivity index (χ0) is 23.0. The lowest BCUT2D eigenvalue weighted by Gasteiger charge is -2.09. The second kappa shape index (κ2) is 11.0. The van der Waals surface area contributed by atoms with Crippen LogP contribution in [0.25, 0.3) is 11.0 Å². The average Bonchev–Trinajstić information content (AvgIpc) is 3.16. The molecular formula is C27H29FN2O3. The molecule has 33 heavy (non-hydrogen) atoms. The van der Waals surface area contributed by atoms with Gasteiger partial charge in [-0.1, -0.05) is 18.2 Å². The summed E-state index contributed by atoms with van der Waals surface area (Å²) < 4.78 is 31.1. The zero-order valence-corrected chi connectivity index (χ0v) is 18.9. The number of nitrogens with zero attached hydrogens (tertiary/aromatic N) is 1. The maximum Gasteiger partial charge on any atom is 0.138 e. The highest BCUT2D eigenvalue weighted by Crippen LogP contribution is 2.34. The normalized spacial score (nSPS) is 11.1. The largest absolute Gasteiger partial charge is 0.493 e. The van der Waals surface area contributed by atoms with E-state index in [0.29, 0.717) is 25.5 Å². The summed E-state index contributed by atoms with van der Waals surface area (Å²) in [6.45, 7) is 3.62. The fraction of sp³-hybridized carbons (Fsp3) is 0.296. The van der Waals surface area contributed by atoms with Crippen molar-refractivity contribution in [1.82, 2.24) is 4.98 Å². The average molecular weight is 449 g/mol. The molecule has 5 nitrogen and oxygen atoms in total. The van der Waals surface area contributed by atoms with Crippen LogP contribution in [0.15, 0.2) is 65.2 Å². The zero-order valence-electron chi connectivity index (χ0n) is 18.9. The molecule has 0 saturated heterocycles. The van der Waals surface area contributed by atoms with E-state index in [9.17, 15) is 4.39 Å². The first kappa shape index (κ1) is 22.8.